The van der Waals surface area contributed by atoms with Crippen molar-refractivity contribution < 1.29 is 24.2 Å². The van der Waals surface area contributed by atoms with Gasteiger partial charge in [-0.25, -0.2) is 4.79 Å². The molecule has 1 saturated heterocycles. The summed E-state index contributed by atoms with van der Waals surface area (Å²) in [5.74, 6) is -1.42. The average Bonchev–Trinajstić information content (AvgIpc) is 2.77. The molecule has 20 heavy (non-hydrogen) atoms. The first kappa shape index (κ1) is 16.3. The van der Waals surface area contributed by atoms with Crippen molar-refractivity contribution in [2.75, 3.05) is 20.2 Å². The Bertz CT molecular complexity index is 385. The molecule has 2 amide bonds. The highest BCUT2D eigenvalue weighted by Crippen LogP contribution is 2.24. The van der Waals surface area contributed by atoms with Gasteiger partial charge in [0.15, 0.2) is 0 Å². The molecular formula is C13H22N2O5. The lowest BCUT2D eigenvalue weighted by atomic mass is 9.99. The van der Waals surface area contributed by atoms with Crippen molar-refractivity contribution in [1.29, 1.82) is 0 Å². The number of hydrogen-bond acceptors (Lipinski definition) is 4. The minimum absolute atomic E-state index is 0.0165. The molecule has 7 nitrogen and oxygen atoms in total. The molecule has 0 aromatic heterocycles. The van der Waals surface area contributed by atoms with Crippen LogP contribution in [-0.4, -0.2) is 54.2 Å². The van der Waals surface area contributed by atoms with Gasteiger partial charge in [-0.15, -0.1) is 0 Å². The fourth-order valence-corrected chi connectivity index (χ4v) is 2.31. The Morgan fingerprint density at radius 3 is 2.60 bits per heavy atom. The normalized spacial score (nSPS) is 23.2. The Hall–Kier alpha value is -1.79. The molecule has 1 heterocycles. The van der Waals surface area contributed by atoms with Gasteiger partial charge in [-0.1, -0.05) is 6.92 Å². The summed E-state index contributed by atoms with van der Waals surface area (Å²) in [6, 6.07) is -0.479. The molecule has 0 bridgehead atoms. The standard InChI is InChI=1S/C13H22N2O5/c1-8-6-15(7-10(8)12(18)20-3)13(19)14-9(2)4-5-11(16)17/h8-10H,4-7H2,1-3H3,(H,14,19)(H,16,17). The van der Waals surface area contributed by atoms with Crippen molar-refractivity contribution in [2.24, 2.45) is 11.8 Å². The molecule has 3 unspecified atom stereocenters. The van der Waals surface area contributed by atoms with Crippen LogP contribution in [0.25, 0.3) is 0 Å². The number of nitrogens with one attached hydrogen (secondary N) is 1. The molecule has 0 aromatic rings. The summed E-state index contributed by atoms with van der Waals surface area (Å²) in [5.41, 5.74) is 0. The molecular weight excluding hydrogens is 264 g/mol. The number of aliphatic carboxylic acids is 1. The minimum Gasteiger partial charge on any atom is -0.481 e. The average molecular weight is 286 g/mol. The number of ether oxygens (including phenoxy) is 1. The summed E-state index contributed by atoms with van der Waals surface area (Å²) >= 11 is 0. The van der Waals surface area contributed by atoms with Gasteiger partial charge in [0.1, 0.15) is 0 Å². The number of urea groups is 1. The molecule has 0 radical (unpaired) electrons. The number of carbonyl (C=O) groups excluding carboxylic acids is 2. The van der Waals surface area contributed by atoms with Gasteiger partial charge in [0.05, 0.1) is 13.0 Å². The fourth-order valence-electron chi connectivity index (χ4n) is 2.31. The van der Waals surface area contributed by atoms with E-state index in [4.69, 9.17) is 9.84 Å². The van der Waals surface area contributed by atoms with Crippen molar-refractivity contribution in [3.8, 4) is 0 Å². The second kappa shape index (κ2) is 7.12. The van der Waals surface area contributed by atoms with Crippen LogP contribution in [0.3, 0.4) is 0 Å². The van der Waals surface area contributed by atoms with Gasteiger partial charge in [0, 0.05) is 25.6 Å². The second-order valence-electron chi connectivity index (χ2n) is 5.29. The van der Waals surface area contributed by atoms with E-state index < -0.39 is 5.97 Å². The third-order valence-electron chi connectivity index (χ3n) is 3.56. The lowest BCUT2D eigenvalue weighted by molar-refractivity contribution is -0.146. The Kier molecular flexibility index (Phi) is 5.79. The first-order valence-electron chi connectivity index (χ1n) is 6.70. The van der Waals surface area contributed by atoms with Crippen LogP contribution >= 0.6 is 0 Å². The van der Waals surface area contributed by atoms with Gasteiger partial charge < -0.3 is 20.1 Å². The van der Waals surface area contributed by atoms with Gasteiger partial charge >= 0.3 is 18.0 Å². The number of rotatable bonds is 5. The van der Waals surface area contributed by atoms with E-state index in [0.717, 1.165) is 0 Å². The maximum atomic E-state index is 12.0. The smallest absolute Gasteiger partial charge is 0.317 e. The van der Waals surface area contributed by atoms with Gasteiger partial charge in [-0.05, 0) is 19.3 Å². The van der Waals surface area contributed by atoms with E-state index in [1.54, 1.807) is 11.8 Å². The van der Waals surface area contributed by atoms with E-state index in [0.29, 0.717) is 19.5 Å². The summed E-state index contributed by atoms with van der Waals surface area (Å²) in [7, 11) is 1.34. The second-order valence-corrected chi connectivity index (χ2v) is 5.29. The number of carboxylic acid groups (broad SMARTS) is 1. The van der Waals surface area contributed by atoms with Crippen LogP contribution in [-0.2, 0) is 14.3 Å². The lowest BCUT2D eigenvalue weighted by Gasteiger charge is -2.20. The number of carboxylic acids is 1. The summed E-state index contributed by atoms with van der Waals surface area (Å²) in [4.78, 5) is 35.6. The number of nitrogens with zero attached hydrogens (tertiary/aromatic N) is 1. The van der Waals surface area contributed by atoms with Crippen molar-refractivity contribution in [3.05, 3.63) is 0 Å². The topological polar surface area (TPSA) is 95.9 Å². The molecule has 3 atom stereocenters. The maximum Gasteiger partial charge on any atom is 0.317 e. The number of likely N-dealkylation sites (tertiary alicyclic amines) is 1. The van der Waals surface area contributed by atoms with E-state index in [9.17, 15) is 14.4 Å². The Labute approximate surface area is 118 Å². The number of hydrogen-bond donors (Lipinski definition) is 2. The van der Waals surface area contributed by atoms with Gasteiger partial charge in [-0.2, -0.15) is 0 Å². The molecule has 0 saturated carbocycles. The van der Waals surface area contributed by atoms with Crippen LogP contribution in [0.15, 0.2) is 0 Å². The van der Waals surface area contributed by atoms with Gasteiger partial charge in [-0.3, -0.25) is 9.59 Å². The van der Waals surface area contributed by atoms with Crippen molar-refractivity contribution >= 4 is 18.0 Å². The van der Waals surface area contributed by atoms with E-state index in [1.165, 1.54) is 7.11 Å². The Morgan fingerprint density at radius 1 is 1.40 bits per heavy atom. The largest absolute Gasteiger partial charge is 0.481 e. The molecule has 0 aromatic carbocycles. The SMILES string of the molecule is COC(=O)C1CN(C(=O)NC(C)CCC(=O)O)CC1C. The quantitative estimate of drug-likeness (QED) is 0.725. The Balaban J connectivity index is 2.45. The number of carbonyl (C=O) groups is 3. The highest BCUT2D eigenvalue weighted by Gasteiger charge is 2.37. The van der Waals surface area contributed by atoms with Crippen LogP contribution < -0.4 is 5.32 Å². The summed E-state index contributed by atoms with van der Waals surface area (Å²) in [6.45, 7) is 4.50. The Morgan fingerprint density at radius 2 is 2.05 bits per heavy atom. The van der Waals surface area contributed by atoms with E-state index >= 15 is 0 Å². The number of methoxy groups -OCH3 is 1. The molecule has 2 N–H and O–H groups in total. The lowest BCUT2D eigenvalue weighted by Crippen LogP contribution is -2.43. The highest BCUT2D eigenvalue weighted by atomic mass is 16.5. The van der Waals surface area contributed by atoms with Crippen LogP contribution in [0, 0.1) is 11.8 Å². The summed E-state index contributed by atoms with van der Waals surface area (Å²) in [6.07, 6.45) is 0.396. The monoisotopic (exact) mass is 286 g/mol. The van der Waals surface area contributed by atoms with Crippen LogP contribution in [0.4, 0.5) is 4.79 Å². The zero-order chi connectivity index (χ0) is 15.3. The third kappa shape index (κ3) is 4.40. The molecule has 114 valence electrons. The van der Waals surface area contributed by atoms with Crippen LogP contribution in [0.2, 0.25) is 0 Å². The zero-order valence-corrected chi connectivity index (χ0v) is 12.1. The van der Waals surface area contributed by atoms with E-state index in [-0.39, 0.29) is 36.3 Å². The van der Waals surface area contributed by atoms with Crippen molar-refractivity contribution in [2.45, 2.75) is 32.7 Å². The molecule has 1 fully saturated rings. The summed E-state index contributed by atoms with van der Waals surface area (Å²) in [5, 5.41) is 11.3. The molecule has 1 rings (SSSR count). The zero-order valence-electron chi connectivity index (χ0n) is 12.1. The van der Waals surface area contributed by atoms with Crippen LogP contribution in [0.1, 0.15) is 26.7 Å². The minimum atomic E-state index is -0.883. The number of esters is 1. The number of amides is 2. The maximum absolute atomic E-state index is 12.0. The van der Waals surface area contributed by atoms with E-state index in [1.807, 2.05) is 6.92 Å². The molecule has 0 spiro atoms. The molecule has 1 aliphatic heterocycles. The fraction of sp³-hybridized carbons (Fsp3) is 0.769. The predicted molar refractivity (Wildman–Crippen MR) is 71.1 cm³/mol. The first-order valence-corrected chi connectivity index (χ1v) is 6.70. The van der Waals surface area contributed by atoms with E-state index in [2.05, 4.69) is 5.32 Å². The van der Waals surface area contributed by atoms with Gasteiger partial charge in [0.2, 0.25) is 0 Å². The first-order chi connectivity index (χ1) is 9.35. The third-order valence-corrected chi connectivity index (χ3v) is 3.56. The van der Waals surface area contributed by atoms with Crippen molar-refractivity contribution in [3.63, 3.8) is 0 Å². The molecule has 7 heteroatoms. The molecule has 1 aliphatic rings. The van der Waals surface area contributed by atoms with Crippen molar-refractivity contribution in [1.82, 2.24) is 10.2 Å². The molecule has 0 aliphatic carbocycles. The highest BCUT2D eigenvalue weighted by molar-refractivity contribution is 5.78. The van der Waals surface area contributed by atoms with Gasteiger partial charge in [0.25, 0.3) is 0 Å². The summed E-state index contributed by atoms with van der Waals surface area (Å²) < 4.78 is 4.72. The van der Waals surface area contributed by atoms with Crippen LogP contribution in [0.5, 0.6) is 0 Å². The predicted octanol–water partition coefficient (Wildman–Crippen LogP) is 0.690.